The molecule has 0 amide bonds. The minimum Gasteiger partial charge on any atom is -0.485 e. The van der Waals surface area contributed by atoms with Gasteiger partial charge < -0.3 is 9.47 Å². The molecule has 6 nitrogen and oxygen atoms in total. The third-order valence-electron chi connectivity index (χ3n) is 5.65. The Morgan fingerprint density at radius 2 is 0.971 bits per heavy atom. The first-order valence-electron chi connectivity index (χ1n) is 11.0. The molecule has 0 radical (unpaired) electrons. The maximum absolute atomic E-state index is 6.18. The molecule has 3 aromatic carbocycles. The van der Waals surface area contributed by atoms with Gasteiger partial charge in [0.25, 0.3) is 0 Å². The lowest BCUT2D eigenvalue weighted by atomic mass is 10.2. The van der Waals surface area contributed by atoms with Crippen LogP contribution < -0.4 is 9.47 Å². The van der Waals surface area contributed by atoms with Gasteiger partial charge in [-0.3, -0.25) is 9.97 Å². The van der Waals surface area contributed by atoms with Gasteiger partial charge in [0, 0.05) is 23.2 Å². The molecule has 0 atom stereocenters. The lowest BCUT2D eigenvalue weighted by Crippen LogP contribution is -2.09. The van der Waals surface area contributed by atoms with Crippen LogP contribution >= 0.6 is 0 Å². The molecular weight excluding hydrogens is 424 g/mol. The van der Waals surface area contributed by atoms with Crippen molar-refractivity contribution in [1.29, 1.82) is 0 Å². The van der Waals surface area contributed by atoms with Gasteiger partial charge in [0.15, 0.2) is 0 Å². The maximum atomic E-state index is 6.18. The molecule has 0 bridgehead atoms. The summed E-state index contributed by atoms with van der Waals surface area (Å²) < 4.78 is 12.4. The molecule has 0 aliphatic heterocycles. The highest BCUT2D eigenvalue weighted by atomic mass is 16.5. The lowest BCUT2D eigenvalue weighted by Gasteiger charge is -2.13. The van der Waals surface area contributed by atoms with Crippen LogP contribution in [-0.2, 0) is 13.2 Å². The van der Waals surface area contributed by atoms with Crippen LogP contribution in [0, 0.1) is 0 Å². The SMILES string of the molecule is c1cnc2c(OCc3nc4ccccc4nc3COc3cccc4cccnc34)cccc2c1. The first-order valence-corrected chi connectivity index (χ1v) is 11.0. The highest BCUT2D eigenvalue weighted by Gasteiger charge is 2.13. The van der Waals surface area contributed by atoms with E-state index in [0.29, 0.717) is 11.5 Å². The van der Waals surface area contributed by atoms with Crippen LogP contribution in [0.15, 0.2) is 97.3 Å². The molecule has 0 saturated carbocycles. The zero-order chi connectivity index (χ0) is 22.7. The van der Waals surface area contributed by atoms with Crippen LogP contribution in [-0.4, -0.2) is 19.9 Å². The van der Waals surface area contributed by atoms with Gasteiger partial charge in [0.1, 0.15) is 47.1 Å². The fraction of sp³-hybridized carbons (Fsp3) is 0.0714. The number of pyridine rings is 2. The molecule has 0 unspecified atom stereocenters. The van der Waals surface area contributed by atoms with Crippen molar-refractivity contribution >= 4 is 32.8 Å². The molecule has 6 heteroatoms. The molecule has 164 valence electrons. The van der Waals surface area contributed by atoms with E-state index in [4.69, 9.17) is 19.4 Å². The summed E-state index contributed by atoms with van der Waals surface area (Å²) in [7, 11) is 0. The van der Waals surface area contributed by atoms with E-state index in [-0.39, 0.29) is 13.2 Å². The van der Waals surface area contributed by atoms with Crippen LogP contribution in [0.5, 0.6) is 11.5 Å². The molecule has 6 aromatic rings. The van der Waals surface area contributed by atoms with Gasteiger partial charge in [0.05, 0.1) is 11.0 Å². The molecule has 0 N–H and O–H groups in total. The van der Waals surface area contributed by atoms with Gasteiger partial charge in [-0.1, -0.05) is 48.5 Å². The summed E-state index contributed by atoms with van der Waals surface area (Å²) in [5.74, 6) is 1.41. The second-order valence-corrected chi connectivity index (χ2v) is 7.85. The Hall–Kier alpha value is -4.58. The fourth-order valence-corrected chi connectivity index (χ4v) is 3.98. The summed E-state index contributed by atoms with van der Waals surface area (Å²) in [6, 6.07) is 27.5. The van der Waals surface area contributed by atoms with Crippen LogP contribution in [0.4, 0.5) is 0 Å². The smallest absolute Gasteiger partial charge is 0.146 e. The number of aromatic nitrogens is 4. The zero-order valence-corrected chi connectivity index (χ0v) is 18.3. The Morgan fingerprint density at radius 1 is 0.500 bits per heavy atom. The summed E-state index contributed by atoms with van der Waals surface area (Å²) in [5.41, 5.74) is 4.71. The average Bonchev–Trinajstić information content (AvgIpc) is 2.90. The fourth-order valence-electron chi connectivity index (χ4n) is 3.98. The third kappa shape index (κ3) is 3.86. The van der Waals surface area contributed by atoms with E-state index in [2.05, 4.69) is 9.97 Å². The number of nitrogens with zero attached hydrogens (tertiary/aromatic N) is 4. The van der Waals surface area contributed by atoms with Crippen molar-refractivity contribution in [1.82, 2.24) is 19.9 Å². The zero-order valence-electron chi connectivity index (χ0n) is 18.3. The van der Waals surface area contributed by atoms with E-state index in [9.17, 15) is 0 Å². The summed E-state index contributed by atoms with van der Waals surface area (Å²) in [5, 5.41) is 2.05. The molecule has 0 fully saturated rings. The molecular formula is C28H20N4O2. The van der Waals surface area contributed by atoms with Gasteiger partial charge >= 0.3 is 0 Å². The minimum absolute atomic E-state index is 0.250. The second kappa shape index (κ2) is 8.75. The summed E-state index contributed by atoms with van der Waals surface area (Å²) in [6.07, 6.45) is 3.53. The normalized spacial score (nSPS) is 11.2. The van der Waals surface area contributed by atoms with Crippen LogP contribution in [0.25, 0.3) is 32.8 Å². The highest BCUT2D eigenvalue weighted by molar-refractivity contribution is 5.85. The highest BCUT2D eigenvalue weighted by Crippen LogP contribution is 2.26. The maximum Gasteiger partial charge on any atom is 0.146 e. The predicted octanol–water partition coefficient (Wildman–Crippen LogP) is 5.88. The average molecular weight is 444 g/mol. The van der Waals surface area contributed by atoms with Gasteiger partial charge in [-0.05, 0) is 36.4 Å². The van der Waals surface area contributed by atoms with Crippen molar-refractivity contribution in [3.05, 3.63) is 109 Å². The van der Waals surface area contributed by atoms with Gasteiger partial charge in [0.2, 0.25) is 0 Å². The van der Waals surface area contributed by atoms with E-state index < -0.39 is 0 Å². The van der Waals surface area contributed by atoms with Crippen molar-refractivity contribution in [2.45, 2.75) is 13.2 Å². The number of rotatable bonds is 6. The first kappa shape index (κ1) is 20.1. The molecule has 34 heavy (non-hydrogen) atoms. The second-order valence-electron chi connectivity index (χ2n) is 7.85. The van der Waals surface area contributed by atoms with Crippen LogP contribution in [0.1, 0.15) is 11.4 Å². The third-order valence-corrected chi connectivity index (χ3v) is 5.65. The number of hydrogen-bond acceptors (Lipinski definition) is 6. The predicted molar refractivity (Wildman–Crippen MR) is 132 cm³/mol. The lowest BCUT2D eigenvalue weighted by molar-refractivity contribution is 0.281. The number of hydrogen-bond donors (Lipinski definition) is 0. The molecule has 0 saturated heterocycles. The van der Waals surface area contributed by atoms with Crippen molar-refractivity contribution in [3.63, 3.8) is 0 Å². The molecule has 6 rings (SSSR count). The van der Waals surface area contributed by atoms with Crippen molar-refractivity contribution in [3.8, 4) is 11.5 Å². The summed E-state index contributed by atoms with van der Waals surface area (Å²) in [4.78, 5) is 18.6. The summed E-state index contributed by atoms with van der Waals surface area (Å²) in [6.45, 7) is 0.500. The van der Waals surface area contributed by atoms with Gasteiger partial charge in [-0.15, -0.1) is 0 Å². The monoisotopic (exact) mass is 444 g/mol. The van der Waals surface area contributed by atoms with Crippen molar-refractivity contribution in [2.75, 3.05) is 0 Å². The molecule has 3 heterocycles. The standard InChI is InChI=1S/C28H20N4O2/c1-2-12-22-21(11-1)31-23(17-33-25-13-3-7-19-9-5-15-29-27(19)25)24(32-22)18-34-26-14-4-8-20-10-6-16-30-28(20)26/h1-16H,17-18H2. The minimum atomic E-state index is 0.250. The molecule has 0 aliphatic rings. The largest absolute Gasteiger partial charge is 0.485 e. The van der Waals surface area contributed by atoms with E-state index in [1.54, 1.807) is 12.4 Å². The van der Waals surface area contributed by atoms with E-state index in [1.807, 2.05) is 84.9 Å². The van der Waals surface area contributed by atoms with Crippen molar-refractivity contribution < 1.29 is 9.47 Å². The summed E-state index contributed by atoms with van der Waals surface area (Å²) >= 11 is 0. The van der Waals surface area contributed by atoms with Crippen molar-refractivity contribution in [2.24, 2.45) is 0 Å². The van der Waals surface area contributed by atoms with Gasteiger partial charge in [-0.25, -0.2) is 9.97 Å². The Bertz CT molecular complexity index is 1500. The number of ether oxygens (including phenoxy) is 2. The first-order chi connectivity index (χ1) is 16.8. The van der Waals surface area contributed by atoms with E-state index in [0.717, 1.165) is 44.2 Å². The Balaban J connectivity index is 1.33. The van der Waals surface area contributed by atoms with E-state index >= 15 is 0 Å². The van der Waals surface area contributed by atoms with Gasteiger partial charge in [-0.2, -0.15) is 0 Å². The molecule has 0 aliphatic carbocycles. The number of fused-ring (bicyclic) bond motifs is 3. The Morgan fingerprint density at radius 3 is 1.47 bits per heavy atom. The topological polar surface area (TPSA) is 70.0 Å². The Labute approximate surface area is 195 Å². The van der Waals surface area contributed by atoms with Crippen LogP contribution in [0.3, 0.4) is 0 Å². The molecule has 0 spiro atoms. The molecule has 3 aromatic heterocycles. The quantitative estimate of drug-likeness (QED) is 0.319. The number of benzene rings is 3. The number of para-hydroxylation sites is 4. The van der Waals surface area contributed by atoms with E-state index in [1.165, 1.54) is 0 Å². The van der Waals surface area contributed by atoms with Crippen LogP contribution in [0.2, 0.25) is 0 Å². The Kier molecular flexibility index (Phi) is 5.16.